The number of nitrogens with zero attached hydrogens (tertiary/aromatic N) is 3. The summed E-state index contributed by atoms with van der Waals surface area (Å²) < 4.78 is 10.8. The van der Waals surface area contributed by atoms with Crippen molar-refractivity contribution in [1.82, 2.24) is 15.1 Å². The van der Waals surface area contributed by atoms with Gasteiger partial charge in [-0.05, 0) is 31.4 Å². The lowest BCUT2D eigenvalue weighted by Crippen LogP contribution is -2.42. The predicted molar refractivity (Wildman–Crippen MR) is 114 cm³/mol. The number of carbonyl (C=O) groups excluding carboxylic acids is 1. The molecule has 3 N–H and O–H groups in total. The second kappa shape index (κ2) is 10.9. The van der Waals surface area contributed by atoms with Gasteiger partial charge in [-0.15, -0.1) is 24.0 Å². The number of nitrogens with one attached hydrogen (secondary N) is 1. The van der Waals surface area contributed by atoms with E-state index in [0.29, 0.717) is 18.2 Å². The summed E-state index contributed by atoms with van der Waals surface area (Å²) in [6, 6.07) is 3.34. The molecule has 1 atom stereocenters. The van der Waals surface area contributed by atoms with E-state index in [4.69, 9.17) is 14.9 Å². The Morgan fingerprint density at radius 3 is 2.78 bits per heavy atom. The van der Waals surface area contributed by atoms with Crippen molar-refractivity contribution in [3.8, 4) is 0 Å². The summed E-state index contributed by atoms with van der Waals surface area (Å²) in [6.07, 6.45) is 1.17. The van der Waals surface area contributed by atoms with Gasteiger partial charge in [0, 0.05) is 39.3 Å². The first-order chi connectivity index (χ1) is 12.7. The normalized spacial score (nSPS) is 21.1. The molecule has 1 amide bonds. The molecule has 2 aliphatic heterocycles. The standard InChI is InChI=1S/C18H29N5O3.HI/c1-2-20-18(21-11-15-3-4-16(26-15)17(19)24)23-6-5-14(13-23)12-22-7-9-25-10-8-22;/h3-4,14H,2,5-13H2,1H3,(H2,19,24)(H,20,21);1H. The first-order valence-corrected chi connectivity index (χ1v) is 9.37. The van der Waals surface area contributed by atoms with E-state index < -0.39 is 5.91 Å². The molecule has 3 rings (SSSR count). The number of guanidine groups is 1. The topological polar surface area (TPSA) is 96.3 Å². The van der Waals surface area contributed by atoms with E-state index >= 15 is 0 Å². The van der Waals surface area contributed by atoms with Crippen LogP contribution in [0.25, 0.3) is 0 Å². The maximum atomic E-state index is 11.1. The number of morpholine rings is 1. The van der Waals surface area contributed by atoms with Crippen molar-refractivity contribution in [2.45, 2.75) is 19.9 Å². The van der Waals surface area contributed by atoms with E-state index in [1.54, 1.807) is 12.1 Å². The number of likely N-dealkylation sites (tertiary alicyclic amines) is 1. The molecule has 1 aromatic rings. The highest BCUT2D eigenvalue weighted by atomic mass is 127. The van der Waals surface area contributed by atoms with Gasteiger partial charge in [0.1, 0.15) is 12.3 Å². The molecule has 2 fully saturated rings. The SMILES string of the molecule is CCNC(=NCc1ccc(C(N)=O)o1)N1CCC(CN2CCOCC2)C1.I. The van der Waals surface area contributed by atoms with Crippen molar-refractivity contribution in [2.75, 3.05) is 52.5 Å². The Bertz CT molecular complexity index is 630. The average molecular weight is 491 g/mol. The molecule has 0 radical (unpaired) electrons. The van der Waals surface area contributed by atoms with E-state index in [-0.39, 0.29) is 29.7 Å². The monoisotopic (exact) mass is 491 g/mol. The molecular formula is C18H30IN5O3. The largest absolute Gasteiger partial charge is 0.454 e. The number of hydrogen-bond donors (Lipinski definition) is 2. The Balaban J connectivity index is 0.00000261. The molecule has 0 spiro atoms. The minimum absolute atomic E-state index is 0. The number of carbonyl (C=O) groups is 1. The summed E-state index contributed by atoms with van der Waals surface area (Å²) in [6.45, 7) is 10.2. The zero-order valence-corrected chi connectivity index (χ0v) is 18.2. The number of primary amides is 1. The summed E-state index contributed by atoms with van der Waals surface area (Å²) in [5.41, 5.74) is 5.22. The van der Waals surface area contributed by atoms with Crippen molar-refractivity contribution in [1.29, 1.82) is 0 Å². The van der Waals surface area contributed by atoms with Crippen LogP contribution in [-0.4, -0.2) is 74.1 Å². The van der Waals surface area contributed by atoms with Gasteiger partial charge in [0.25, 0.3) is 5.91 Å². The Morgan fingerprint density at radius 1 is 1.33 bits per heavy atom. The predicted octanol–water partition coefficient (Wildman–Crippen LogP) is 1.12. The number of ether oxygens (including phenoxy) is 1. The molecule has 0 aliphatic carbocycles. The summed E-state index contributed by atoms with van der Waals surface area (Å²) in [4.78, 5) is 20.6. The van der Waals surface area contributed by atoms with Crippen LogP contribution >= 0.6 is 24.0 Å². The smallest absolute Gasteiger partial charge is 0.284 e. The Morgan fingerprint density at radius 2 is 2.11 bits per heavy atom. The van der Waals surface area contributed by atoms with Gasteiger partial charge in [-0.25, -0.2) is 4.99 Å². The molecule has 1 unspecified atom stereocenters. The molecule has 9 heteroatoms. The molecule has 3 heterocycles. The van der Waals surface area contributed by atoms with Crippen LogP contribution in [0.5, 0.6) is 0 Å². The van der Waals surface area contributed by atoms with Gasteiger partial charge in [0.05, 0.1) is 13.2 Å². The van der Waals surface area contributed by atoms with Crippen LogP contribution in [0.3, 0.4) is 0 Å². The number of rotatable bonds is 6. The molecule has 0 bridgehead atoms. The minimum Gasteiger partial charge on any atom is -0.454 e. The van der Waals surface area contributed by atoms with Crippen LogP contribution in [-0.2, 0) is 11.3 Å². The van der Waals surface area contributed by atoms with Crippen molar-refractivity contribution < 1.29 is 13.9 Å². The zero-order valence-electron chi connectivity index (χ0n) is 15.9. The molecule has 8 nitrogen and oxygen atoms in total. The highest BCUT2D eigenvalue weighted by Crippen LogP contribution is 2.19. The molecule has 0 aromatic carbocycles. The van der Waals surface area contributed by atoms with E-state index in [1.165, 1.54) is 6.42 Å². The van der Waals surface area contributed by atoms with Gasteiger partial charge in [-0.1, -0.05) is 0 Å². The van der Waals surface area contributed by atoms with Crippen molar-refractivity contribution in [2.24, 2.45) is 16.6 Å². The second-order valence-corrected chi connectivity index (χ2v) is 6.81. The number of halogens is 1. The summed E-state index contributed by atoms with van der Waals surface area (Å²) in [5.74, 6) is 1.80. The third-order valence-corrected chi connectivity index (χ3v) is 4.83. The fraction of sp³-hybridized carbons (Fsp3) is 0.667. The number of aliphatic imine (C=N–C) groups is 1. The summed E-state index contributed by atoms with van der Waals surface area (Å²) in [7, 11) is 0. The van der Waals surface area contributed by atoms with Gasteiger partial charge >= 0.3 is 0 Å². The van der Waals surface area contributed by atoms with Crippen LogP contribution in [0, 0.1) is 5.92 Å². The number of hydrogen-bond acceptors (Lipinski definition) is 5. The van der Waals surface area contributed by atoms with Crippen molar-refractivity contribution >= 4 is 35.8 Å². The molecular weight excluding hydrogens is 461 g/mol. The number of amides is 1. The molecule has 2 aliphatic rings. The molecule has 0 saturated carbocycles. The fourth-order valence-electron chi connectivity index (χ4n) is 3.50. The van der Waals surface area contributed by atoms with Crippen molar-refractivity contribution in [3.05, 3.63) is 23.7 Å². The van der Waals surface area contributed by atoms with Crippen LogP contribution in [0.2, 0.25) is 0 Å². The fourth-order valence-corrected chi connectivity index (χ4v) is 3.50. The third-order valence-electron chi connectivity index (χ3n) is 4.83. The van der Waals surface area contributed by atoms with E-state index in [2.05, 4.69) is 27.0 Å². The third kappa shape index (κ3) is 6.35. The first-order valence-electron chi connectivity index (χ1n) is 9.37. The average Bonchev–Trinajstić information content (AvgIpc) is 3.29. The van der Waals surface area contributed by atoms with E-state index in [9.17, 15) is 4.79 Å². The van der Waals surface area contributed by atoms with Gasteiger partial charge in [0.15, 0.2) is 11.7 Å². The lowest BCUT2D eigenvalue weighted by molar-refractivity contribution is 0.0315. The molecule has 152 valence electrons. The van der Waals surface area contributed by atoms with Crippen LogP contribution in [0.15, 0.2) is 21.5 Å². The van der Waals surface area contributed by atoms with Gasteiger partial charge in [-0.3, -0.25) is 9.69 Å². The van der Waals surface area contributed by atoms with Crippen LogP contribution < -0.4 is 11.1 Å². The Hall–Kier alpha value is -1.33. The highest BCUT2D eigenvalue weighted by Gasteiger charge is 2.27. The number of furan rings is 1. The van der Waals surface area contributed by atoms with Gasteiger partial charge in [0.2, 0.25) is 0 Å². The highest BCUT2D eigenvalue weighted by molar-refractivity contribution is 14.0. The summed E-state index contributed by atoms with van der Waals surface area (Å²) >= 11 is 0. The van der Waals surface area contributed by atoms with E-state index in [0.717, 1.165) is 58.4 Å². The van der Waals surface area contributed by atoms with Crippen molar-refractivity contribution in [3.63, 3.8) is 0 Å². The lowest BCUT2D eigenvalue weighted by atomic mass is 10.1. The van der Waals surface area contributed by atoms with Crippen LogP contribution in [0.1, 0.15) is 29.7 Å². The summed E-state index contributed by atoms with van der Waals surface area (Å²) in [5, 5.41) is 3.36. The molecule has 1 aromatic heterocycles. The Labute approximate surface area is 177 Å². The Kier molecular flexibility index (Phi) is 8.84. The first kappa shape index (κ1) is 22.0. The zero-order chi connectivity index (χ0) is 18.4. The maximum Gasteiger partial charge on any atom is 0.284 e. The quantitative estimate of drug-likeness (QED) is 0.352. The number of nitrogens with two attached hydrogens (primary N) is 1. The second-order valence-electron chi connectivity index (χ2n) is 6.81. The minimum atomic E-state index is -0.558. The van der Waals surface area contributed by atoms with Gasteiger partial charge < -0.3 is 25.1 Å². The van der Waals surface area contributed by atoms with Crippen LogP contribution in [0.4, 0.5) is 0 Å². The van der Waals surface area contributed by atoms with E-state index in [1.807, 2.05) is 0 Å². The molecule has 2 saturated heterocycles. The maximum absolute atomic E-state index is 11.1. The molecule has 27 heavy (non-hydrogen) atoms. The van der Waals surface area contributed by atoms with Gasteiger partial charge in [-0.2, -0.15) is 0 Å². The lowest BCUT2D eigenvalue weighted by Gasteiger charge is -2.29.